The Hall–Kier alpha value is -2.33. The fourth-order valence-electron chi connectivity index (χ4n) is 1.99. The minimum absolute atomic E-state index is 0.231. The van der Waals surface area contributed by atoms with Gasteiger partial charge in [-0.25, -0.2) is 4.79 Å². The summed E-state index contributed by atoms with van der Waals surface area (Å²) >= 11 is 5.83. The van der Waals surface area contributed by atoms with E-state index in [1.165, 1.54) is 0 Å². The van der Waals surface area contributed by atoms with Crippen molar-refractivity contribution in [2.75, 3.05) is 6.54 Å². The number of rotatable bonds is 5. The maximum Gasteiger partial charge on any atom is 0.335 e. The van der Waals surface area contributed by atoms with Gasteiger partial charge in [-0.05, 0) is 36.2 Å². The van der Waals surface area contributed by atoms with Crippen LogP contribution in [0.4, 0.5) is 0 Å². The lowest BCUT2D eigenvalue weighted by Crippen LogP contribution is -2.26. The van der Waals surface area contributed by atoms with E-state index in [2.05, 4.69) is 5.32 Å². The summed E-state index contributed by atoms with van der Waals surface area (Å²) in [4.78, 5) is 23.0. The number of hydrogen-bond donors (Lipinski definition) is 2. The van der Waals surface area contributed by atoms with Crippen molar-refractivity contribution in [2.45, 2.75) is 6.42 Å². The van der Waals surface area contributed by atoms with Crippen LogP contribution in [0, 0.1) is 0 Å². The van der Waals surface area contributed by atoms with E-state index in [1.807, 2.05) is 0 Å². The summed E-state index contributed by atoms with van der Waals surface area (Å²) in [5.41, 5.74) is 1.43. The number of carbonyl (C=O) groups is 2. The molecule has 2 rings (SSSR count). The second kappa shape index (κ2) is 6.90. The van der Waals surface area contributed by atoms with E-state index in [0.717, 1.165) is 0 Å². The Morgan fingerprint density at radius 1 is 1.10 bits per heavy atom. The van der Waals surface area contributed by atoms with Crippen LogP contribution >= 0.6 is 11.6 Å². The Kier molecular flexibility index (Phi) is 4.95. The van der Waals surface area contributed by atoms with Crippen molar-refractivity contribution in [3.05, 3.63) is 70.2 Å². The fraction of sp³-hybridized carbons (Fsp3) is 0.125. The monoisotopic (exact) mass is 303 g/mol. The van der Waals surface area contributed by atoms with Crippen molar-refractivity contribution in [1.29, 1.82) is 0 Å². The first-order valence-electron chi connectivity index (χ1n) is 6.43. The molecule has 4 nitrogen and oxygen atoms in total. The van der Waals surface area contributed by atoms with Crippen LogP contribution in [0.5, 0.6) is 0 Å². The highest BCUT2D eigenvalue weighted by Crippen LogP contribution is 2.11. The molecule has 0 unspecified atom stereocenters. The number of halogens is 1. The standard InChI is InChI=1S/C16H14ClNO3/c17-13-6-3-5-12(10-13)15(19)18-9-8-11-4-1-2-7-14(11)16(20)21/h1-7,10H,8-9H2,(H,18,19)(H,20,21). The van der Waals surface area contributed by atoms with E-state index in [1.54, 1.807) is 48.5 Å². The number of benzene rings is 2. The van der Waals surface area contributed by atoms with Crippen molar-refractivity contribution in [3.8, 4) is 0 Å². The van der Waals surface area contributed by atoms with Crippen molar-refractivity contribution < 1.29 is 14.7 Å². The average molecular weight is 304 g/mol. The average Bonchev–Trinajstić information content (AvgIpc) is 2.47. The quantitative estimate of drug-likeness (QED) is 0.892. The zero-order valence-corrected chi connectivity index (χ0v) is 11.9. The normalized spacial score (nSPS) is 10.1. The Balaban J connectivity index is 1.96. The molecular formula is C16H14ClNO3. The lowest BCUT2D eigenvalue weighted by molar-refractivity contribution is 0.0695. The first kappa shape index (κ1) is 15.1. The van der Waals surface area contributed by atoms with Crippen LogP contribution in [-0.2, 0) is 6.42 Å². The SMILES string of the molecule is O=C(NCCc1ccccc1C(=O)O)c1cccc(Cl)c1. The third-order valence-corrected chi connectivity index (χ3v) is 3.25. The van der Waals surface area contributed by atoms with E-state index in [-0.39, 0.29) is 11.5 Å². The number of amides is 1. The van der Waals surface area contributed by atoms with Gasteiger partial charge in [-0.1, -0.05) is 35.9 Å². The van der Waals surface area contributed by atoms with E-state index in [4.69, 9.17) is 16.7 Å². The summed E-state index contributed by atoms with van der Waals surface area (Å²) in [7, 11) is 0. The van der Waals surface area contributed by atoms with Crippen LogP contribution < -0.4 is 5.32 Å². The molecule has 108 valence electrons. The molecule has 0 spiro atoms. The molecule has 0 bridgehead atoms. The van der Waals surface area contributed by atoms with Gasteiger partial charge in [0, 0.05) is 17.1 Å². The molecule has 2 aromatic rings. The minimum atomic E-state index is -0.966. The lowest BCUT2D eigenvalue weighted by atomic mass is 10.0. The summed E-state index contributed by atoms with van der Waals surface area (Å²) in [6.45, 7) is 0.357. The van der Waals surface area contributed by atoms with Crippen LogP contribution in [0.3, 0.4) is 0 Å². The van der Waals surface area contributed by atoms with E-state index >= 15 is 0 Å². The van der Waals surface area contributed by atoms with E-state index in [9.17, 15) is 9.59 Å². The molecule has 0 aliphatic carbocycles. The second-order valence-corrected chi connectivity index (χ2v) is 4.91. The van der Waals surface area contributed by atoms with Gasteiger partial charge in [0.05, 0.1) is 5.56 Å². The van der Waals surface area contributed by atoms with Gasteiger partial charge in [-0.3, -0.25) is 4.79 Å². The highest BCUT2D eigenvalue weighted by Gasteiger charge is 2.10. The minimum Gasteiger partial charge on any atom is -0.478 e. The van der Waals surface area contributed by atoms with Crippen LogP contribution in [0.25, 0.3) is 0 Å². The molecule has 0 aliphatic rings. The molecule has 2 aromatic carbocycles. The molecule has 0 atom stereocenters. The first-order chi connectivity index (χ1) is 10.1. The molecule has 0 saturated heterocycles. The van der Waals surface area contributed by atoms with Gasteiger partial charge in [0.25, 0.3) is 5.91 Å². The molecule has 1 amide bonds. The molecule has 0 aliphatic heterocycles. The fourth-order valence-corrected chi connectivity index (χ4v) is 2.18. The Bertz CT molecular complexity index is 670. The number of carbonyl (C=O) groups excluding carboxylic acids is 1. The van der Waals surface area contributed by atoms with Gasteiger partial charge in [0.2, 0.25) is 0 Å². The largest absolute Gasteiger partial charge is 0.478 e. The van der Waals surface area contributed by atoms with Crippen LogP contribution in [-0.4, -0.2) is 23.5 Å². The number of carboxylic acid groups (broad SMARTS) is 1. The predicted molar refractivity (Wildman–Crippen MR) is 80.9 cm³/mol. The summed E-state index contributed by atoms with van der Waals surface area (Å²) in [5.74, 6) is -1.20. The van der Waals surface area contributed by atoms with Gasteiger partial charge in [-0.2, -0.15) is 0 Å². The lowest BCUT2D eigenvalue weighted by Gasteiger charge is -2.08. The molecule has 2 N–H and O–H groups in total. The highest BCUT2D eigenvalue weighted by atomic mass is 35.5. The number of hydrogen-bond acceptors (Lipinski definition) is 2. The van der Waals surface area contributed by atoms with Crippen molar-refractivity contribution in [1.82, 2.24) is 5.32 Å². The topological polar surface area (TPSA) is 66.4 Å². The zero-order valence-electron chi connectivity index (χ0n) is 11.2. The van der Waals surface area contributed by atoms with E-state index in [0.29, 0.717) is 29.1 Å². The second-order valence-electron chi connectivity index (χ2n) is 4.48. The van der Waals surface area contributed by atoms with E-state index < -0.39 is 5.97 Å². The third-order valence-electron chi connectivity index (χ3n) is 3.01. The molecule has 0 radical (unpaired) electrons. The van der Waals surface area contributed by atoms with Crippen molar-refractivity contribution in [2.24, 2.45) is 0 Å². The van der Waals surface area contributed by atoms with Crippen molar-refractivity contribution >= 4 is 23.5 Å². The number of aromatic carboxylic acids is 1. The molecule has 0 fully saturated rings. The number of carboxylic acids is 1. The summed E-state index contributed by atoms with van der Waals surface area (Å²) in [6, 6.07) is 13.4. The maximum absolute atomic E-state index is 11.9. The summed E-state index contributed by atoms with van der Waals surface area (Å²) in [6.07, 6.45) is 0.453. The van der Waals surface area contributed by atoms with Gasteiger partial charge in [-0.15, -0.1) is 0 Å². The predicted octanol–water partition coefficient (Wildman–Crippen LogP) is 3.01. The van der Waals surface area contributed by atoms with Crippen LogP contribution in [0.1, 0.15) is 26.3 Å². The van der Waals surface area contributed by atoms with Crippen LogP contribution in [0.15, 0.2) is 48.5 Å². The Morgan fingerprint density at radius 3 is 2.57 bits per heavy atom. The van der Waals surface area contributed by atoms with Crippen LogP contribution in [0.2, 0.25) is 5.02 Å². The molecule has 0 aromatic heterocycles. The number of nitrogens with one attached hydrogen (secondary N) is 1. The first-order valence-corrected chi connectivity index (χ1v) is 6.80. The Labute approximate surface area is 127 Å². The molecular weight excluding hydrogens is 290 g/mol. The van der Waals surface area contributed by atoms with Gasteiger partial charge >= 0.3 is 5.97 Å². The van der Waals surface area contributed by atoms with Gasteiger partial charge in [0.15, 0.2) is 0 Å². The van der Waals surface area contributed by atoms with Gasteiger partial charge < -0.3 is 10.4 Å². The molecule has 0 heterocycles. The van der Waals surface area contributed by atoms with Crippen molar-refractivity contribution in [3.63, 3.8) is 0 Å². The summed E-state index contributed by atoms with van der Waals surface area (Å²) in [5, 5.41) is 12.3. The summed E-state index contributed by atoms with van der Waals surface area (Å²) < 4.78 is 0. The molecule has 0 saturated carbocycles. The zero-order chi connectivity index (χ0) is 15.2. The molecule has 5 heteroatoms. The Morgan fingerprint density at radius 2 is 1.86 bits per heavy atom. The molecule has 21 heavy (non-hydrogen) atoms. The maximum atomic E-state index is 11.9. The van der Waals surface area contributed by atoms with Gasteiger partial charge in [0.1, 0.15) is 0 Å². The highest BCUT2D eigenvalue weighted by molar-refractivity contribution is 6.30. The smallest absolute Gasteiger partial charge is 0.335 e. The third kappa shape index (κ3) is 4.07.